The molecule has 4 aromatic rings. The van der Waals surface area contributed by atoms with Gasteiger partial charge in [-0.05, 0) is 72.1 Å². The van der Waals surface area contributed by atoms with Crippen molar-refractivity contribution in [3.05, 3.63) is 111 Å². The number of halogens is 3. The summed E-state index contributed by atoms with van der Waals surface area (Å²) < 4.78 is 28.3. The summed E-state index contributed by atoms with van der Waals surface area (Å²) in [6, 6.07) is 22.4. The molecule has 1 aliphatic carbocycles. The zero-order valence-electron chi connectivity index (χ0n) is 21.2. The zero-order valence-corrected chi connectivity index (χ0v) is 23.7. The molecule has 0 unspecified atom stereocenters. The Morgan fingerprint density at radius 1 is 1.03 bits per heavy atom. The number of nitrogens with zero attached hydrogens (tertiary/aromatic N) is 1. The molecule has 5 rings (SSSR count). The van der Waals surface area contributed by atoms with Crippen molar-refractivity contribution in [2.75, 3.05) is 5.75 Å². The number of benzene rings is 3. The number of aliphatic carboxylic acids is 1. The molecule has 0 bridgehead atoms. The fraction of sp³-hybridized carbons (Fsp3) is 0.250. The lowest BCUT2D eigenvalue weighted by Gasteiger charge is -2.21. The molecular weight excluding hydrogens is 580 g/mol. The van der Waals surface area contributed by atoms with Crippen LogP contribution in [0.2, 0.25) is 0 Å². The third-order valence-electron chi connectivity index (χ3n) is 7.19. The van der Waals surface area contributed by atoms with Gasteiger partial charge in [0, 0.05) is 26.9 Å². The maximum Gasteiger partial charge on any atom is 0.303 e. The van der Waals surface area contributed by atoms with Crippen molar-refractivity contribution in [2.45, 2.75) is 37.4 Å². The summed E-state index contributed by atoms with van der Waals surface area (Å²) in [5, 5.41) is 10.1. The summed E-state index contributed by atoms with van der Waals surface area (Å²) in [4.78, 5) is 15.9. The van der Waals surface area contributed by atoms with Crippen LogP contribution in [-0.2, 0) is 11.2 Å². The first kappa shape index (κ1) is 27.5. The minimum atomic E-state index is -0.911. The van der Waals surface area contributed by atoms with Crippen molar-refractivity contribution in [1.82, 2.24) is 4.98 Å². The normalized spacial score (nSPS) is 15.1. The molecule has 0 amide bonds. The number of carboxylic acid groups (broad SMARTS) is 1. The maximum atomic E-state index is 13.7. The Morgan fingerprint density at radius 3 is 2.59 bits per heavy atom. The number of fused-ring (bicyclic) bond motifs is 1. The van der Waals surface area contributed by atoms with Crippen LogP contribution in [0.25, 0.3) is 23.1 Å². The number of hydrogen-bond acceptors (Lipinski definition) is 3. The highest BCUT2D eigenvalue weighted by atomic mass is 79.9. The smallest absolute Gasteiger partial charge is 0.303 e. The largest absolute Gasteiger partial charge is 0.481 e. The van der Waals surface area contributed by atoms with Gasteiger partial charge in [0.2, 0.25) is 0 Å². The molecule has 1 atom stereocenters. The molecule has 1 aromatic heterocycles. The van der Waals surface area contributed by atoms with Gasteiger partial charge in [0.25, 0.3) is 0 Å². The fourth-order valence-corrected chi connectivity index (χ4v) is 6.80. The lowest BCUT2D eigenvalue weighted by Crippen LogP contribution is -2.12. The first-order valence-corrected chi connectivity index (χ1v) is 14.8. The Balaban J connectivity index is 1.35. The molecule has 0 saturated heterocycles. The molecule has 3 nitrogen and oxygen atoms in total. The molecule has 1 saturated carbocycles. The second-order valence-electron chi connectivity index (χ2n) is 10.2. The van der Waals surface area contributed by atoms with Crippen molar-refractivity contribution in [3.63, 3.8) is 0 Å². The van der Waals surface area contributed by atoms with Gasteiger partial charge in [-0.3, -0.25) is 4.79 Å². The summed E-state index contributed by atoms with van der Waals surface area (Å²) in [5.41, 5.74) is 4.45. The average molecular weight is 609 g/mol. The van der Waals surface area contributed by atoms with Crippen LogP contribution < -0.4 is 0 Å². The van der Waals surface area contributed by atoms with Gasteiger partial charge in [-0.15, -0.1) is 0 Å². The van der Waals surface area contributed by atoms with Gasteiger partial charge in [-0.25, -0.2) is 13.8 Å². The van der Waals surface area contributed by atoms with E-state index in [-0.39, 0.29) is 17.1 Å². The third kappa shape index (κ3) is 7.14. The molecular formula is C32H28BrF2NO2S. The summed E-state index contributed by atoms with van der Waals surface area (Å²) in [6.07, 6.45) is 7.86. The van der Waals surface area contributed by atoms with Crippen LogP contribution in [0.1, 0.15) is 53.3 Å². The maximum absolute atomic E-state index is 13.7. The van der Waals surface area contributed by atoms with E-state index in [2.05, 4.69) is 45.2 Å². The van der Waals surface area contributed by atoms with E-state index in [4.69, 9.17) is 0 Å². The number of carbonyl (C=O) groups is 1. The van der Waals surface area contributed by atoms with Crippen LogP contribution in [0.15, 0.2) is 77.3 Å². The lowest BCUT2D eigenvalue weighted by atomic mass is 10.0. The van der Waals surface area contributed by atoms with Crippen LogP contribution in [0, 0.1) is 17.0 Å². The second-order valence-corrected chi connectivity index (χ2v) is 12.2. The first-order chi connectivity index (χ1) is 18.8. The first-order valence-electron chi connectivity index (χ1n) is 12.9. The van der Waals surface area contributed by atoms with E-state index in [0.717, 1.165) is 53.6 Å². The van der Waals surface area contributed by atoms with Crippen LogP contribution in [-0.4, -0.2) is 21.8 Å². The van der Waals surface area contributed by atoms with Crippen LogP contribution in [0.5, 0.6) is 0 Å². The van der Waals surface area contributed by atoms with Gasteiger partial charge in [0.15, 0.2) is 11.6 Å². The highest BCUT2D eigenvalue weighted by Gasteiger charge is 2.44. The molecule has 200 valence electrons. The van der Waals surface area contributed by atoms with Crippen molar-refractivity contribution < 1.29 is 18.7 Å². The molecule has 1 heterocycles. The molecule has 0 spiro atoms. The molecule has 0 aliphatic heterocycles. The predicted molar refractivity (Wildman–Crippen MR) is 159 cm³/mol. The Bertz CT molecular complexity index is 1540. The van der Waals surface area contributed by atoms with Gasteiger partial charge in [0.05, 0.1) is 17.6 Å². The van der Waals surface area contributed by atoms with Gasteiger partial charge >= 0.3 is 5.97 Å². The van der Waals surface area contributed by atoms with E-state index in [9.17, 15) is 18.7 Å². The molecule has 1 aliphatic rings. The number of aromatic nitrogens is 1. The Labute approximate surface area is 239 Å². The molecule has 1 N–H and O–H groups in total. The minimum Gasteiger partial charge on any atom is -0.481 e. The van der Waals surface area contributed by atoms with E-state index in [1.807, 2.05) is 48.2 Å². The number of aryl methyl sites for hydroxylation is 1. The molecule has 0 radical (unpaired) electrons. The molecule has 3 aromatic carbocycles. The average Bonchev–Trinajstić information content (AvgIpc) is 3.68. The van der Waals surface area contributed by atoms with Crippen LogP contribution in [0.4, 0.5) is 8.78 Å². The predicted octanol–water partition coefficient (Wildman–Crippen LogP) is 9.11. The number of thioether (sulfide) groups is 1. The Morgan fingerprint density at radius 2 is 1.82 bits per heavy atom. The number of pyridine rings is 1. The van der Waals surface area contributed by atoms with Crippen LogP contribution >= 0.6 is 27.7 Å². The topological polar surface area (TPSA) is 50.2 Å². The standard InChI is InChI=1S/C32H28BrF2NO2S/c33-26-7-2-1-5-22(26)10-13-30(39-20-32(14-15-32)19-31(37)38)24-6-3-4-21(16-24)8-11-25-12-9-23-17-27(34)28(35)18-29(23)36-25/h1-9,11-12,16-18,30H,10,13-15,19-20H2,(H,37,38)/b11-8+/t30-/m1/s1. The highest BCUT2D eigenvalue weighted by Crippen LogP contribution is 2.53. The highest BCUT2D eigenvalue weighted by molar-refractivity contribution is 9.10. The summed E-state index contributed by atoms with van der Waals surface area (Å²) in [7, 11) is 0. The van der Waals surface area contributed by atoms with Gasteiger partial charge < -0.3 is 5.11 Å². The minimum absolute atomic E-state index is 0.0796. The third-order valence-corrected chi connectivity index (χ3v) is 9.65. The van der Waals surface area contributed by atoms with E-state index in [1.165, 1.54) is 11.1 Å². The van der Waals surface area contributed by atoms with Crippen LogP contribution in [0.3, 0.4) is 0 Å². The van der Waals surface area contributed by atoms with Crippen molar-refractivity contribution in [1.29, 1.82) is 0 Å². The van der Waals surface area contributed by atoms with E-state index >= 15 is 0 Å². The van der Waals surface area contributed by atoms with E-state index < -0.39 is 17.6 Å². The Hall–Kier alpha value is -3.03. The number of hydrogen-bond donors (Lipinski definition) is 1. The number of rotatable bonds is 11. The SMILES string of the molecule is O=C(O)CC1(CS[C@H](CCc2ccccc2Br)c2cccc(/C=C/c3ccc4cc(F)c(F)cc4n3)c2)CC1. The zero-order chi connectivity index (χ0) is 27.4. The Kier molecular flexibility index (Phi) is 8.48. The molecule has 1 fully saturated rings. The summed E-state index contributed by atoms with van der Waals surface area (Å²) in [5.74, 6) is -1.68. The van der Waals surface area contributed by atoms with Gasteiger partial charge in [-0.2, -0.15) is 11.8 Å². The fourth-order valence-electron chi connectivity index (χ4n) is 4.75. The summed E-state index contributed by atoms with van der Waals surface area (Å²) >= 11 is 5.52. The van der Waals surface area contributed by atoms with Gasteiger partial charge in [-0.1, -0.05) is 70.5 Å². The van der Waals surface area contributed by atoms with Crippen molar-refractivity contribution in [2.24, 2.45) is 5.41 Å². The monoisotopic (exact) mass is 607 g/mol. The summed E-state index contributed by atoms with van der Waals surface area (Å²) in [6.45, 7) is 0. The van der Waals surface area contributed by atoms with E-state index in [0.29, 0.717) is 16.6 Å². The molecule has 39 heavy (non-hydrogen) atoms. The van der Waals surface area contributed by atoms with Gasteiger partial charge in [0.1, 0.15) is 0 Å². The quantitative estimate of drug-likeness (QED) is 0.185. The molecule has 7 heteroatoms. The van der Waals surface area contributed by atoms with Crippen molar-refractivity contribution >= 4 is 56.7 Å². The second kappa shape index (κ2) is 12.0. The van der Waals surface area contributed by atoms with E-state index in [1.54, 1.807) is 12.1 Å². The number of carboxylic acids is 1. The van der Waals surface area contributed by atoms with Crippen molar-refractivity contribution in [3.8, 4) is 0 Å². The lowest BCUT2D eigenvalue weighted by molar-refractivity contribution is -0.138.